The van der Waals surface area contributed by atoms with Crippen LogP contribution in [0.1, 0.15) is 73.1 Å². The fraction of sp³-hybridized carbons (Fsp3) is 0.577. The molecule has 2 heterocycles. The molecule has 0 aliphatic heterocycles. The maximum Gasteiger partial charge on any atom is 0.307 e. The minimum Gasteiger partial charge on any atom is -0.380 e. The quantitative estimate of drug-likeness (QED) is 0.440. The number of fused-ring (bicyclic) bond motifs is 1. The average Bonchev–Trinajstić information content (AvgIpc) is 3.06. The van der Waals surface area contributed by atoms with E-state index in [2.05, 4.69) is 67.4 Å². The third kappa shape index (κ3) is 5.25. The van der Waals surface area contributed by atoms with Gasteiger partial charge in [0.2, 0.25) is 5.52 Å². The van der Waals surface area contributed by atoms with Crippen LogP contribution in [0.4, 0.5) is 5.82 Å². The molecule has 0 saturated carbocycles. The number of anilines is 1. The summed E-state index contributed by atoms with van der Waals surface area (Å²) in [6, 6.07) is 0. The zero-order valence-electron chi connectivity index (χ0n) is 20.3. The molecule has 0 unspecified atom stereocenters. The number of aromatic nitrogens is 4. The molecule has 5 nitrogen and oxygen atoms in total. The average molecular weight is 423 g/mol. The fourth-order valence-electron chi connectivity index (χ4n) is 4.78. The van der Waals surface area contributed by atoms with Crippen molar-refractivity contribution in [3.8, 4) is 0 Å². The molecule has 2 aromatic heterocycles. The molecule has 2 N–H and O–H groups in total. The molecule has 2 atom stereocenters. The van der Waals surface area contributed by atoms with E-state index >= 15 is 0 Å². The summed E-state index contributed by atoms with van der Waals surface area (Å²) in [5.74, 6) is 1.31. The molecule has 0 fully saturated rings. The van der Waals surface area contributed by atoms with Crippen LogP contribution in [0.15, 0.2) is 47.6 Å². The largest absolute Gasteiger partial charge is 0.380 e. The summed E-state index contributed by atoms with van der Waals surface area (Å²) in [4.78, 5) is 8.49. The molecule has 0 bridgehead atoms. The van der Waals surface area contributed by atoms with E-state index in [-0.39, 0.29) is 0 Å². The summed E-state index contributed by atoms with van der Waals surface area (Å²) >= 11 is 0. The van der Waals surface area contributed by atoms with Gasteiger partial charge >= 0.3 is 5.65 Å². The van der Waals surface area contributed by atoms with Crippen molar-refractivity contribution < 1.29 is 4.57 Å². The van der Waals surface area contributed by atoms with E-state index < -0.39 is 0 Å². The van der Waals surface area contributed by atoms with Gasteiger partial charge in [-0.1, -0.05) is 53.8 Å². The van der Waals surface area contributed by atoms with Crippen LogP contribution >= 0.6 is 0 Å². The monoisotopic (exact) mass is 422 g/mol. The van der Waals surface area contributed by atoms with Crippen LogP contribution in [-0.2, 0) is 13.6 Å². The van der Waals surface area contributed by atoms with Crippen LogP contribution in [0.3, 0.4) is 0 Å². The molecule has 31 heavy (non-hydrogen) atoms. The van der Waals surface area contributed by atoms with Gasteiger partial charge in [-0.15, -0.1) is 0 Å². The molecular formula is C26H40N5+. The molecule has 168 valence electrons. The van der Waals surface area contributed by atoms with Crippen molar-refractivity contribution in [2.45, 2.75) is 79.7 Å². The highest BCUT2D eigenvalue weighted by Gasteiger charge is 2.33. The molecule has 5 heteroatoms. The first-order valence-electron chi connectivity index (χ1n) is 11.7. The molecule has 1 aliphatic rings. The number of imidazole rings is 1. The van der Waals surface area contributed by atoms with Crippen LogP contribution in [0, 0.1) is 11.3 Å². The van der Waals surface area contributed by atoms with E-state index in [0.29, 0.717) is 11.2 Å². The van der Waals surface area contributed by atoms with Gasteiger partial charge in [-0.25, -0.2) is 4.57 Å². The molecule has 2 aromatic rings. The molecule has 0 spiro atoms. The standard InChI is InChI=1S/C26H40N5/c1-19(9-8-15-26(5)21(3)10-7-11-22(26)4)12-13-20(2)14-16-31-18-30(6)25-23(31)24(27)28-17-29-25/h9-10,14,17-18,22H,7-8,11-13,15-16H2,1-6H3,(H2,27,28,29)/q+1/b19-9+,20-14+/t22-,26-/m0/s1. The molecule has 1 aliphatic carbocycles. The van der Waals surface area contributed by atoms with E-state index in [9.17, 15) is 0 Å². The third-order valence-corrected chi connectivity index (χ3v) is 7.51. The van der Waals surface area contributed by atoms with Crippen LogP contribution in [0.5, 0.6) is 0 Å². The summed E-state index contributed by atoms with van der Waals surface area (Å²) in [6.07, 6.45) is 18.0. The lowest BCUT2D eigenvalue weighted by molar-refractivity contribution is -0.647. The lowest BCUT2D eigenvalue weighted by atomic mass is 9.65. The predicted molar refractivity (Wildman–Crippen MR) is 129 cm³/mol. The van der Waals surface area contributed by atoms with Gasteiger partial charge < -0.3 is 5.73 Å². The minimum absolute atomic E-state index is 0.367. The van der Waals surface area contributed by atoms with Crippen molar-refractivity contribution in [3.63, 3.8) is 0 Å². The first-order valence-corrected chi connectivity index (χ1v) is 11.7. The predicted octanol–water partition coefficient (Wildman–Crippen LogP) is 5.67. The van der Waals surface area contributed by atoms with E-state index in [1.807, 2.05) is 17.9 Å². The maximum atomic E-state index is 6.08. The summed E-state index contributed by atoms with van der Waals surface area (Å²) in [7, 11) is 1.99. The second kappa shape index (κ2) is 9.80. The Kier molecular flexibility index (Phi) is 7.34. The number of hydrogen-bond donors (Lipinski definition) is 1. The van der Waals surface area contributed by atoms with E-state index in [0.717, 1.165) is 36.5 Å². The first-order chi connectivity index (χ1) is 14.7. The lowest BCUT2D eigenvalue weighted by Crippen LogP contribution is -2.29. The highest BCUT2D eigenvalue weighted by atomic mass is 15.2. The zero-order chi connectivity index (χ0) is 22.6. The maximum absolute atomic E-state index is 6.08. The SMILES string of the molecule is CC1=CCC[C@H](C)[C@@]1(C)CC/C=C(\C)CC/C(C)=C/Cn1c[n+](C)c2ncnc(N)c21. The van der Waals surface area contributed by atoms with Crippen molar-refractivity contribution in [1.29, 1.82) is 0 Å². The molecular weight excluding hydrogens is 382 g/mol. The minimum atomic E-state index is 0.367. The van der Waals surface area contributed by atoms with Gasteiger partial charge in [0.15, 0.2) is 18.5 Å². The van der Waals surface area contributed by atoms with Crippen molar-refractivity contribution in [2.24, 2.45) is 18.4 Å². The van der Waals surface area contributed by atoms with Crippen molar-refractivity contribution in [3.05, 3.63) is 47.6 Å². The number of aryl methyl sites for hydroxylation is 1. The van der Waals surface area contributed by atoms with Crippen LogP contribution in [0.2, 0.25) is 0 Å². The molecule has 3 rings (SSSR count). The Morgan fingerprint density at radius 1 is 1.26 bits per heavy atom. The van der Waals surface area contributed by atoms with Crippen LogP contribution in [-0.4, -0.2) is 14.5 Å². The van der Waals surface area contributed by atoms with Gasteiger partial charge in [-0.2, -0.15) is 4.98 Å². The van der Waals surface area contributed by atoms with E-state index in [1.165, 1.54) is 43.2 Å². The Bertz CT molecular complexity index is 1010. The van der Waals surface area contributed by atoms with Crippen LogP contribution in [0.25, 0.3) is 11.2 Å². The van der Waals surface area contributed by atoms with Gasteiger partial charge in [0.25, 0.3) is 0 Å². The number of rotatable bonds is 8. The first kappa shape index (κ1) is 23.2. The van der Waals surface area contributed by atoms with Crippen molar-refractivity contribution in [1.82, 2.24) is 14.5 Å². The topological polar surface area (TPSA) is 60.6 Å². The Morgan fingerprint density at radius 2 is 1.97 bits per heavy atom. The second-order valence-corrected chi connectivity index (χ2v) is 9.73. The Balaban J connectivity index is 1.53. The number of nitrogens with two attached hydrogens (primary N) is 1. The van der Waals surface area contributed by atoms with E-state index in [1.54, 1.807) is 5.57 Å². The summed E-state index contributed by atoms with van der Waals surface area (Å²) in [5, 5.41) is 0. The molecule has 0 saturated heterocycles. The zero-order valence-corrected chi connectivity index (χ0v) is 20.3. The summed E-state index contributed by atoms with van der Waals surface area (Å²) in [5.41, 5.74) is 12.7. The smallest absolute Gasteiger partial charge is 0.307 e. The Morgan fingerprint density at radius 3 is 2.68 bits per heavy atom. The summed E-state index contributed by atoms with van der Waals surface area (Å²) in [6.45, 7) is 12.5. The van der Waals surface area contributed by atoms with Gasteiger partial charge in [-0.3, -0.25) is 4.57 Å². The second-order valence-electron chi connectivity index (χ2n) is 9.73. The third-order valence-electron chi connectivity index (χ3n) is 7.51. The fourth-order valence-corrected chi connectivity index (χ4v) is 4.78. The van der Waals surface area contributed by atoms with Gasteiger partial charge in [0.1, 0.15) is 0 Å². The van der Waals surface area contributed by atoms with Gasteiger partial charge in [-0.05, 0) is 70.6 Å². The molecule has 0 radical (unpaired) electrons. The number of nitrogen functional groups attached to an aromatic ring is 1. The van der Waals surface area contributed by atoms with Gasteiger partial charge in [0, 0.05) is 0 Å². The number of allylic oxidation sites excluding steroid dienone is 6. The number of nitrogens with zero attached hydrogens (tertiary/aromatic N) is 4. The van der Waals surface area contributed by atoms with Gasteiger partial charge in [0.05, 0.1) is 13.6 Å². The van der Waals surface area contributed by atoms with Crippen LogP contribution < -0.4 is 10.3 Å². The Hall–Kier alpha value is -2.43. The summed E-state index contributed by atoms with van der Waals surface area (Å²) < 4.78 is 4.12. The number of hydrogen-bond acceptors (Lipinski definition) is 3. The van der Waals surface area contributed by atoms with Crippen molar-refractivity contribution >= 4 is 17.0 Å². The Labute approximate surface area is 187 Å². The van der Waals surface area contributed by atoms with E-state index in [4.69, 9.17) is 5.73 Å². The molecule has 0 aromatic carbocycles. The normalized spacial score (nSPS) is 22.8. The molecule has 0 amide bonds. The highest BCUT2D eigenvalue weighted by molar-refractivity contribution is 5.79. The van der Waals surface area contributed by atoms with Crippen molar-refractivity contribution in [2.75, 3.05) is 5.73 Å². The lowest BCUT2D eigenvalue weighted by Gasteiger charge is -2.40. The highest BCUT2D eigenvalue weighted by Crippen LogP contribution is 2.45.